The van der Waals surface area contributed by atoms with E-state index in [9.17, 15) is 0 Å². The predicted octanol–water partition coefficient (Wildman–Crippen LogP) is -1.94. The second-order valence-corrected chi connectivity index (χ2v) is 0.500. The first kappa shape index (κ1) is 16.7. The molecule has 0 saturated carbocycles. The van der Waals surface area contributed by atoms with E-state index in [-0.39, 0.29) is 35.0 Å². The molecule has 1 N–H and O–H groups in total. The zero-order chi connectivity index (χ0) is 2.71. The van der Waals surface area contributed by atoms with Crippen LogP contribution in [-0.4, -0.2) is 5.48 Å². The number of hydrogen-bond donors (Lipinski definition) is 0. The Morgan fingerprint density at radius 1 is 1.60 bits per heavy atom. The van der Waals surface area contributed by atoms with Gasteiger partial charge in [-0.15, -0.1) is 0 Å². The summed E-state index contributed by atoms with van der Waals surface area (Å²) in [5.74, 6) is 0. The third-order valence-electron chi connectivity index (χ3n) is 0. The molecule has 0 atom stereocenters. The van der Waals surface area contributed by atoms with Crippen molar-refractivity contribution in [3.05, 3.63) is 6.92 Å². The number of rotatable bonds is 0. The molecule has 5 heavy (non-hydrogen) atoms. The van der Waals surface area contributed by atoms with Gasteiger partial charge >= 0.3 is 29.6 Å². The molecule has 0 rings (SSSR count). The Balaban J connectivity index is -0.0000000200. The van der Waals surface area contributed by atoms with Gasteiger partial charge in [0.05, 0.1) is 0 Å². The molecule has 0 fully saturated rings. The van der Waals surface area contributed by atoms with Crippen LogP contribution in [0, 0.1) is 6.92 Å². The molecule has 0 aliphatic heterocycles. The first-order valence-electron chi connectivity index (χ1n) is 1.21. The fourth-order valence-corrected chi connectivity index (χ4v) is 0. The second kappa shape index (κ2) is 20.2. The Labute approximate surface area is 55.4 Å². The van der Waals surface area contributed by atoms with Crippen molar-refractivity contribution in [2.45, 2.75) is 13.3 Å². The summed E-state index contributed by atoms with van der Waals surface area (Å²) in [4.78, 5) is 0. The molecule has 0 spiro atoms. The summed E-state index contributed by atoms with van der Waals surface area (Å²) in [6.07, 6.45) is 1.00. The summed E-state index contributed by atoms with van der Waals surface area (Å²) in [6.45, 7) is 5.50. The normalized spacial score (nSPS) is 3.60. The largest absolute Gasteiger partial charge is 1.00 e. The van der Waals surface area contributed by atoms with Gasteiger partial charge in [0.15, 0.2) is 0 Å². The maximum absolute atomic E-state index is 3.49. The minimum atomic E-state index is 0. The van der Waals surface area contributed by atoms with E-state index in [4.69, 9.17) is 0 Å². The van der Waals surface area contributed by atoms with Gasteiger partial charge in [0.2, 0.25) is 0 Å². The van der Waals surface area contributed by atoms with Crippen molar-refractivity contribution in [3.63, 3.8) is 0 Å². The summed E-state index contributed by atoms with van der Waals surface area (Å²) < 4.78 is 0. The van der Waals surface area contributed by atoms with E-state index in [0.717, 1.165) is 6.42 Å². The topological polar surface area (TPSA) is 30.0 Å². The van der Waals surface area contributed by atoms with Crippen LogP contribution in [0.1, 0.15) is 13.3 Å². The molecule has 1 radical (unpaired) electrons. The van der Waals surface area contributed by atoms with Gasteiger partial charge in [-0.3, -0.25) is 0 Å². The average Bonchev–Trinajstić information content (AvgIpc) is 0.918. The smallest absolute Gasteiger partial charge is 0.870 e. The molecule has 0 amide bonds. The van der Waals surface area contributed by atoms with Crippen molar-refractivity contribution < 1.29 is 35.0 Å². The fraction of sp³-hybridized carbons (Fsp3) is 0.667. The van der Waals surface area contributed by atoms with Gasteiger partial charge in [-0.1, -0.05) is 20.3 Å². The Hall–Kier alpha value is 0.960. The molecule has 0 aliphatic carbocycles. The van der Waals surface area contributed by atoms with Crippen LogP contribution < -0.4 is 29.6 Å². The molecule has 0 heterocycles. The summed E-state index contributed by atoms with van der Waals surface area (Å²) >= 11 is 0. The van der Waals surface area contributed by atoms with Crippen molar-refractivity contribution in [1.29, 1.82) is 0 Å². The van der Waals surface area contributed by atoms with Crippen LogP contribution in [0.3, 0.4) is 0 Å². The molecule has 0 aromatic heterocycles. The molecule has 0 aromatic rings. The summed E-state index contributed by atoms with van der Waals surface area (Å²) in [7, 11) is 0. The molecule has 0 unspecified atom stereocenters. The Bertz CT molecular complexity index is 6.85. The third kappa shape index (κ3) is 47.2. The van der Waals surface area contributed by atoms with Crippen LogP contribution in [0.5, 0.6) is 0 Å². The van der Waals surface area contributed by atoms with Crippen molar-refractivity contribution >= 4 is 0 Å². The molecule has 0 aromatic carbocycles. The van der Waals surface area contributed by atoms with Gasteiger partial charge in [0.25, 0.3) is 0 Å². The average molecular weight is 83.1 g/mol. The second-order valence-electron chi connectivity index (χ2n) is 0.500. The summed E-state index contributed by atoms with van der Waals surface area (Å²) in [5, 5.41) is 0. The monoisotopic (exact) mass is 83.0 g/mol. The van der Waals surface area contributed by atoms with Crippen molar-refractivity contribution in [1.82, 2.24) is 0 Å². The maximum atomic E-state index is 3.49. The van der Waals surface area contributed by atoms with Crippen molar-refractivity contribution in [3.8, 4) is 0 Å². The quantitative estimate of drug-likeness (QED) is 0.313. The standard InChI is InChI=1S/C3H7.Na.H2O/c1-3-2;;/h1,3H2,2H3;;1H2/q;+1;/p-1. The molecule has 0 bridgehead atoms. The van der Waals surface area contributed by atoms with Crippen molar-refractivity contribution in [2.75, 3.05) is 0 Å². The molecular weight excluding hydrogens is 75.0 g/mol. The van der Waals surface area contributed by atoms with Crippen LogP contribution in [-0.2, 0) is 0 Å². The third-order valence-corrected chi connectivity index (χ3v) is 0. The molecule has 27 valence electrons. The van der Waals surface area contributed by atoms with Gasteiger partial charge in [0, 0.05) is 0 Å². The summed E-state index contributed by atoms with van der Waals surface area (Å²) in [5.41, 5.74) is 0. The van der Waals surface area contributed by atoms with E-state index in [0.29, 0.717) is 0 Å². The van der Waals surface area contributed by atoms with Crippen LogP contribution in [0.15, 0.2) is 0 Å². The van der Waals surface area contributed by atoms with E-state index >= 15 is 0 Å². The van der Waals surface area contributed by atoms with Crippen LogP contribution >= 0.6 is 0 Å². The molecule has 0 saturated heterocycles. The van der Waals surface area contributed by atoms with Gasteiger partial charge < -0.3 is 5.48 Å². The predicted molar refractivity (Wildman–Crippen MR) is 17.6 cm³/mol. The fourth-order valence-electron chi connectivity index (χ4n) is 0. The SMILES string of the molecule is [CH2]CC.[Na+].[OH-]. The Morgan fingerprint density at radius 3 is 1.60 bits per heavy atom. The van der Waals surface area contributed by atoms with E-state index in [2.05, 4.69) is 6.92 Å². The van der Waals surface area contributed by atoms with E-state index in [1.165, 1.54) is 0 Å². The van der Waals surface area contributed by atoms with Gasteiger partial charge in [-0.25, -0.2) is 0 Å². The van der Waals surface area contributed by atoms with Crippen LogP contribution in [0.2, 0.25) is 0 Å². The minimum absolute atomic E-state index is 0. The van der Waals surface area contributed by atoms with Gasteiger partial charge in [0.1, 0.15) is 0 Å². The first-order valence-corrected chi connectivity index (χ1v) is 1.21. The molecule has 0 aliphatic rings. The van der Waals surface area contributed by atoms with Gasteiger partial charge in [-0.05, 0) is 0 Å². The van der Waals surface area contributed by atoms with Crippen LogP contribution in [0.25, 0.3) is 0 Å². The zero-order valence-corrected chi connectivity index (χ0v) is 5.86. The Kier molecular flexibility index (Phi) is 67.8. The molecular formula is C3H8NaO. The maximum Gasteiger partial charge on any atom is 1.00 e. The Morgan fingerprint density at radius 2 is 1.60 bits per heavy atom. The van der Waals surface area contributed by atoms with Gasteiger partial charge in [-0.2, -0.15) is 0 Å². The minimum Gasteiger partial charge on any atom is -0.870 e. The van der Waals surface area contributed by atoms with Crippen LogP contribution in [0.4, 0.5) is 0 Å². The first-order chi connectivity index (χ1) is 1.41. The van der Waals surface area contributed by atoms with E-state index in [1.54, 1.807) is 0 Å². The molecule has 1 nitrogen and oxygen atoms in total. The zero-order valence-electron chi connectivity index (χ0n) is 3.86. The van der Waals surface area contributed by atoms with E-state index in [1.807, 2.05) is 6.92 Å². The van der Waals surface area contributed by atoms with E-state index < -0.39 is 0 Å². The molecule has 2 heteroatoms. The summed E-state index contributed by atoms with van der Waals surface area (Å²) in [6, 6.07) is 0. The number of hydrogen-bond acceptors (Lipinski definition) is 1. The van der Waals surface area contributed by atoms with Crippen molar-refractivity contribution in [2.24, 2.45) is 0 Å².